The van der Waals surface area contributed by atoms with E-state index in [4.69, 9.17) is 0 Å². The van der Waals surface area contributed by atoms with Gasteiger partial charge in [-0.15, -0.1) is 0 Å². The van der Waals surface area contributed by atoms with Crippen molar-refractivity contribution < 1.29 is 22.4 Å². The molecule has 2 aromatic rings. The minimum absolute atomic E-state index is 0.0685. The summed E-state index contributed by atoms with van der Waals surface area (Å²) in [4.78, 5) is 13.1. The van der Waals surface area contributed by atoms with Gasteiger partial charge in [-0.25, -0.2) is 17.6 Å². The van der Waals surface area contributed by atoms with Gasteiger partial charge in [0, 0.05) is 11.1 Å². The molecule has 0 bridgehead atoms. The maximum atomic E-state index is 13.6. The number of carbonyl (C=O) groups is 1. The topological polar surface area (TPSA) is 17.1 Å². The van der Waals surface area contributed by atoms with Crippen molar-refractivity contribution in [1.82, 2.24) is 0 Å². The van der Waals surface area contributed by atoms with Gasteiger partial charge in [-0.3, -0.25) is 4.79 Å². The van der Waals surface area contributed by atoms with Crippen LogP contribution in [0.2, 0.25) is 0 Å². The van der Waals surface area contributed by atoms with Gasteiger partial charge < -0.3 is 0 Å². The Kier molecular flexibility index (Phi) is 6.30. The van der Waals surface area contributed by atoms with Crippen LogP contribution in [0.4, 0.5) is 17.6 Å². The Bertz CT molecular complexity index is 960. The summed E-state index contributed by atoms with van der Waals surface area (Å²) in [6.45, 7) is 6.32. The van der Waals surface area contributed by atoms with Crippen LogP contribution < -0.4 is 0 Å². The molecular weight excluding hydrogens is 392 g/mol. The Balaban J connectivity index is 2.04. The maximum Gasteiger partial charge on any atom is 0.185 e. The van der Waals surface area contributed by atoms with Crippen molar-refractivity contribution in [2.24, 2.45) is 11.3 Å². The number of hydrogen-bond acceptors (Lipinski definition) is 1. The number of allylic oxidation sites excluding steroid dienone is 2. The molecule has 2 aromatic carbocycles. The summed E-state index contributed by atoms with van der Waals surface area (Å²) in [5.41, 5.74) is 1.72. The van der Waals surface area contributed by atoms with Crippen molar-refractivity contribution in [3.05, 3.63) is 81.9 Å². The number of carbonyl (C=O) groups excluding carboxylic acids is 1. The van der Waals surface area contributed by atoms with Crippen molar-refractivity contribution in [1.29, 1.82) is 0 Å². The molecule has 30 heavy (non-hydrogen) atoms. The number of halogens is 4. The van der Waals surface area contributed by atoms with E-state index in [9.17, 15) is 22.4 Å². The van der Waals surface area contributed by atoms with Crippen LogP contribution in [0.3, 0.4) is 0 Å². The average Bonchev–Trinajstić information content (AvgIpc) is 2.70. The van der Waals surface area contributed by atoms with Crippen LogP contribution in [0, 0.1) is 34.6 Å². The van der Waals surface area contributed by atoms with E-state index >= 15 is 0 Å². The molecule has 158 valence electrons. The molecule has 0 saturated heterocycles. The minimum Gasteiger partial charge on any atom is -0.289 e. The molecule has 3 rings (SSSR count). The third-order valence-corrected chi connectivity index (χ3v) is 6.10. The van der Waals surface area contributed by atoms with Gasteiger partial charge in [0.2, 0.25) is 0 Å². The number of rotatable bonds is 4. The first-order valence-electron chi connectivity index (χ1n) is 9.96. The standard InChI is InChI=1S/C25H24F4O/c1-4-25(2,3)19-13-17(9-15-5-7-20(26)22(28)11-15)24(30)18(14-19)10-16-6-8-21(27)23(29)12-16/h5-12,19H,4,13-14H2,1-3H3/b17-9+,18-10+. The Hall–Kier alpha value is -2.69. The molecule has 0 N–H and O–H groups in total. The van der Waals surface area contributed by atoms with E-state index in [0.717, 1.165) is 30.7 Å². The first-order chi connectivity index (χ1) is 14.1. The zero-order valence-corrected chi connectivity index (χ0v) is 17.2. The van der Waals surface area contributed by atoms with Gasteiger partial charge in [0.05, 0.1) is 0 Å². The zero-order valence-electron chi connectivity index (χ0n) is 17.2. The first kappa shape index (κ1) is 22.0. The number of Topliss-reactive ketones (excluding diaryl/α,β-unsaturated/α-hetero) is 1. The van der Waals surface area contributed by atoms with Crippen LogP contribution in [0.15, 0.2) is 47.5 Å². The lowest BCUT2D eigenvalue weighted by Gasteiger charge is -2.37. The van der Waals surface area contributed by atoms with Crippen LogP contribution in [-0.4, -0.2) is 5.78 Å². The molecule has 0 aliphatic heterocycles. The second-order valence-electron chi connectivity index (χ2n) is 8.46. The van der Waals surface area contributed by atoms with Crippen LogP contribution in [0.1, 0.15) is 51.2 Å². The van der Waals surface area contributed by atoms with Crippen LogP contribution in [-0.2, 0) is 4.79 Å². The van der Waals surface area contributed by atoms with Crippen molar-refractivity contribution in [3.63, 3.8) is 0 Å². The molecule has 0 atom stereocenters. The van der Waals surface area contributed by atoms with Crippen LogP contribution in [0.25, 0.3) is 12.2 Å². The predicted octanol–water partition coefficient (Wildman–Crippen LogP) is 7.13. The molecule has 0 unspecified atom stereocenters. The van der Waals surface area contributed by atoms with Gasteiger partial charge in [-0.1, -0.05) is 39.3 Å². The Morgan fingerprint density at radius 3 is 1.63 bits per heavy atom. The third-order valence-electron chi connectivity index (χ3n) is 6.10. The molecule has 1 nitrogen and oxygen atoms in total. The van der Waals surface area contributed by atoms with E-state index in [-0.39, 0.29) is 17.1 Å². The normalized spacial score (nSPS) is 20.2. The lowest BCUT2D eigenvalue weighted by molar-refractivity contribution is -0.113. The fraction of sp³-hybridized carbons (Fsp3) is 0.320. The smallest absolute Gasteiger partial charge is 0.185 e. The molecule has 0 aromatic heterocycles. The summed E-state index contributed by atoms with van der Waals surface area (Å²) in [6, 6.07) is 7.02. The molecule has 0 amide bonds. The Morgan fingerprint density at radius 2 is 1.27 bits per heavy atom. The third kappa shape index (κ3) is 4.72. The van der Waals surface area contributed by atoms with Gasteiger partial charge in [0.1, 0.15) is 0 Å². The predicted molar refractivity (Wildman–Crippen MR) is 110 cm³/mol. The highest BCUT2D eigenvalue weighted by molar-refractivity contribution is 6.14. The second-order valence-corrected chi connectivity index (χ2v) is 8.46. The molecule has 1 aliphatic rings. The molecule has 5 heteroatoms. The fourth-order valence-corrected chi connectivity index (χ4v) is 3.69. The van der Waals surface area contributed by atoms with Gasteiger partial charge in [0.15, 0.2) is 29.1 Å². The molecule has 0 spiro atoms. The van der Waals surface area contributed by atoms with Gasteiger partial charge in [0.25, 0.3) is 0 Å². The SMILES string of the molecule is CCC(C)(C)C1C/C(=C\c2ccc(F)c(F)c2)C(=O)/C(=C/c2ccc(F)c(F)c2)C1. The van der Waals surface area contributed by atoms with Crippen LogP contribution in [0.5, 0.6) is 0 Å². The number of benzene rings is 2. The van der Waals surface area contributed by atoms with E-state index < -0.39 is 23.3 Å². The number of hydrogen-bond donors (Lipinski definition) is 0. The Labute approximate surface area is 174 Å². The lowest BCUT2D eigenvalue weighted by Crippen LogP contribution is -2.30. The monoisotopic (exact) mass is 416 g/mol. The summed E-state index contributed by atoms with van der Waals surface area (Å²) in [5, 5.41) is 0. The van der Waals surface area contributed by atoms with E-state index in [1.165, 1.54) is 12.1 Å². The lowest BCUT2D eigenvalue weighted by atomic mass is 9.66. The van der Waals surface area contributed by atoms with Gasteiger partial charge in [-0.05, 0) is 71.7 Å². The van der Waals surface area contributed by atoms with Crippen molar-refractivity contribution in [2.75, 3.05) is 0 Å². The van der Waals surface area contributed by atoms with Crippen LogP contribution >= 0.6 is 0 Å². The van der Waals surface area contributed by atoms with E-state index in [1.807, 2.05) is 0 Å². The zero-order chi connectivity index (χ0) is 22.1. The molecule has 1 fully saturated rings. The summed E-state index contributed by atoms with van der Waals surface area (Å²) in [5.74, 6) is -3.93. The van der Waals surface area contributed by atoms with E-state index in [1.54, 1.807) is 12.2 Å². The minimum atomic E-state index is -0.976. The molecular formula is C25H24F4O. The van der Waals surface area contributed by atoms with E-state index in [2.05, 4.69) is 20.8 Å². The highest BCUT2D eigenvalue weighted by Gasteiger charge is 2.36. The average molecular weight is 416 g/mol. The quantitative estimate of drug-likeness (QED) is 0.383. The Morgan fingerprint density at radius 1 is 0.833 bits per heavy atom. The molecule has 1 saturated carbocycles. The second kappa shape index (κ2) is 8.58. The van der Waals surface area contributed by atoms with E-state index in [0.29, 0.717) is 35.1 Å². The van der Waals surface area contributed by atoms with Crippen molar-refractivity contribution in [3.8, 4) is 0 Å². The number of ketones is 1. The molecule has 0 heterocycles. The highest BCUT2D eigenvalue weighted by atomic mass is 19.2. The highest BCUT2D eigenvalue weighted by Crippen LogP contribution is 2.44. The van der Waals surface area contributed by atoms with Crippen molar-refractivity contribution >= 4 is 17.9 Å². The van der Waals surface area contributed by atoms with Gasteiger partial charge in [-0.2, -0.15) is 0 Å². The summed E-state index contributed by atoms with van der Waals surface area (Å²) in [6.07, 6.45) is 5.08. The molecule has 0 radical (unpaired) electrons. The first-order valence-corrected chi connectivity index (χ1v) is 9.96. The fourth-order valence-electron chi connectivity index (χ4n) is 3.69. The van der Waals surface area contributed by atoms with Gasteiger partial charge >= 0.3 is 0 Å². The van der Waals surface area contributed by atoms with Crippen molar-refractivity contribution in [2.45, 2.75) is 40.0 Å². The maximum absolute atomic E-state index is 13.6. The largest absolute Gasteiger partial charge is 0.289 e. The summed E-state index contributed by atoms with van der Waals surface area (Å²) < 4.78 is 53.7. The summed E-state index contributed by atoms with van der Waals surface area (Å²) >= 11 is 0. The molecule has 1 aliphatic carbocycles. The summed E-state index contributed by atoms with van der Waals surface area (Å²) in [7, 11) is 0.